The maximum atomic E-state index is 10.7. The summed E-state index contributed by atoms with van der Waals surface area (Å²) in [5, 5.41) is 10.7. The summed E-state index contributed by atoms with van der Waals surface area (Å²) in [5.74, 6) is 0.726. The molecule has 3 aromatic rings. The molecule has 0 bridgehead atoms. The Morgan fingerprint density at radius 1 is 1.00 bits per heavy atom. The van der Waals surface area contributed by atoms with E-state index in [-0.39, 0.29) is 0 Å². The van der Waals surface area contributed by atoms with Crippen LogP contribution in [0.15, 0.2) is 79.0 Å². The molecule has 0 saturated heterocycles. The van der Waals surface area contributed by atoms with Gasteiger partial charge in [-0.2, -0.15) is 0 Å². The van der Waals surface area contributed by atoms with Gasteiger partial charge in [0.2, 0.25) is 6.20 Å². The van der Waals surface area contributed by atoms with Crippen molar-refractivity contribution in [3.63, 3.8) is 0 Å². The molecule has 26 heavy (non-hydrogen) atoms. The van der Waals surface area contributed by atoms with E-state index in [4.69, 9.17) is 4.74 Å². The lowest BCUT2D eigenvalue weighted by Crippen LogP contribution is -1.96. The van der Waals surface area contributed by atoms with Crippen LogP contribution in [0, 0.1) is 17.0 Å². The summed E-state index contributed by atoms with van der Waals surface area (Å²) in [6.45, 7) is 2.49. The lowest BCUT2D eigenvalue weighted by atomic mass is 9.98. The second kappa shape index (κ2) is 8.12. The van der Waals surface area contributed by atoms with E-state index in [1.165, 1.54) is 6.08 Å². The number of rotatable bonds is 6. The fourth-order valence-corrected chi connectivity index (χ4v) is 2.72. The van der Waals surface area contributed by atoms with E-state index < -0.39 is 4.92 Å². The van der Waals surface area contributed by atoms with Gasteiger partial charge in [0.15, 0.2) is 0 Å². The van der Waals surface area contributed by atoms with Gasteiger partial charge in [-0.1, -0.05) is 66.2 Å². The zero-order valence-electron chi connectivity index (χ0n) is 14.5. The average Bonchev–Trinajstić information content (AvgIpc) is 2.66. The van der Waals surface area contributed by atoms with Crippen molar-refractivity contribution in [1.82, 2.24) is 0 Å². The molecule has 0 aromatic heterocycles. The molecular weight excluding hydrogens is 326 g/mol. The largest absolute Gasteiger partial charge is 0.489 e. The Bertz CT molecular complexity index is 933. The van der Waals surface area contributed by atoms with E-state index in [1.54, 1.807) is 0 Å². The van der Waals surface area contributed by atoms with Gasteiger partial charge in [0.25, 0.3) is 0 Å². The minimum atomic E-state index is -0.458. The number of nitrogens with zero attached hydrogens (tertiary/aromatic N) is 1. The van der Waals surface area contributed by atoms with Crippen molar-refractivity contribution in [3.8, 4) is 16.9 Å². The van der Waals surface area contributed by atoms with Crippen molar-refractivity contribution in [1.29, 1.82) is 0 Å². The van der Waals surface area contributed by atoms with Gasteiger partial charge in [-0.3, -0.25) is 10.1 Å². The normalized spacial score (nSPS) is 10.8. The van der Waals surface area contributed by atoms with Crippen LogP contribution >= 0.6 is 0 Å². The number of hydrogen-bond donors (Lipinski definition) is 0. The molecule has 0 unspecified atom stereocenters. The lowest BCUT2D eigenvalue weighted by Gasteiger charge is -2.12. The third kappa shape index (κ3) is 4.57. The molecule has 4 heteroatoms. The molecule has 0 radical (unpaired) electrons. The Morgan fingerprint density at radius 2 is 1.81 bits per heavy atom. The lowest BCUT2D eigenvalue weighted by molar-refractivity contribution is -0.400. The van der Waals surface area contributed by atoms with Crippen molar-refractivity contribution >= 4 is 6.08 Å². The summed E-state index contributed by atoms with van der Waals surface area (Å²) in [6, 6.07) is 23.6. The Hall–Kier alpha value is -3.40. The number of aryl methyl sites for hydroxylation is 1. The summed E-state index contributed by atoms with van der Waals surface area (Å²) in [6.07, 6.45) is 2.47. The number of hydrogen-bond acceptors (Lipinski definition) is 3. The average molecular weight is 345 g/mol. The van der Waals surface area contributed by atoms with Crippen molar-refractivity contribution in [2.24, 2.45) is 0 Å². The third-order valence-electron chi connectivity index (χ3n) is 3.98. The highest BCUT2D eigenvalue weighted by Gasteiger charge is 2.07. The molecule has 0 fully saturated rings. The summed E-state index contributed by atoms with van der Waals surface area (Å²) < 4.78 is 5.91. The maximum absolute atomic E-state index is 10.7. The molecule has 0 N–H and O–H groups in total. The molecule has 0 aliphatic carbocycles. The summed E-state index contributed by atoms with van der Waals surface area (Å²) in [4.78, 5) is 10.2. The quantitative estimate of drug-likeness (QED) is 0.438. The summed E-state index contributed by atoms with van der Waals surface area (Å²) in [5.41, 5.74) is 4.89. The molecule has 0 amide bonds. The monoisotopic (exact) mass is 345 g/mol. The van der Waals surface area contributed by atoms with Crippen LogP contribution in [0.4, 0.5) is 0 Å². The Balaban J connectivity index is 1.93. The fourth-order valence-electron chi connectivity index (χ4n) is 2.72. The van der Waals surface area contributed by atoms with Crippen LogP contribution in [0.2, 0.25) is 0 Å². The number of ether oxygens (including phenoxy) is 1. The van der Waals surface area contributed by atoms with E-state index in [0.717, 1.165) is 39.8 Å². The minimum absolute atomic E-state index is 0.458. The van der Waals surface area contributed by atoms with Gasteiger partial charge < -0.3 is 4.74 Å². The van der Waals surface area contributed by atoms with E-state index in [9.17, 15) is 10.1 Å². The molecule has 0 saturated carbocycles. The van der Waals surface area contributed by atoms with Crippen LogP contribution in [0.1, 0.15) is 16.7 Å². The van der Waals surface area contributed by atoms with Crippen LogP contribution in [-0.4, -0.2) is 4.92 Å². The fraction of sp³-hybridized carbons (Fsp3) is 0.0909. The van der Waals surface area contributed by atoms with E-state index in [2.05, 4.69) is 6.07 Å². The molecule has 0 spiro atoms. The molecule has 3 rings (SSSR count). The van der Waals surface area contributed by atoms with Gasteiger partial charge in [-0.05, 0) is 41.3 Å². The first-order valence-electron chi connectivity index (χ1n) is 8.31. The van der Waals surface area contributed by atoms with Gasteiger partial charge >= 0.3 is 0 Å². The Kier molecular flexibility index (Phi) is 5.44. The zero-order valence-corrected chi connectivity index (χ0v) is 14.5. The zero-order chi connectivity index (χ0) is 18.4. The first-order chi connectivity index (χ1) is 12.6. The second-order valence-electron chi connectivity index (χ2n) is 5.99. The van der Waals surface area contributed by atoms with Crippen molar-refractivity contribution in [2.75, 3.05) is 0 Å². The minimum Gasteiger partial charge on any atom is -0.489 e. The predicted molar refractivity (Wildman–Crippen MR) is 103 cm³/mol. The van der Waals surface area contributed by atoms with Crippen LogP contribution in [-0.2, 0) is 6.61 Å². The number of nitro groups is 1. The SMILES string of the molecule is Cc1cccc(-c2cc(OCc3ccccc3)ccc2/C=C/[N+](=O)[O-])c1. The van der Waals surface area contributed by atoms with Gasteiger partial charge in [0.05, 0.1) is 4.92 Å². The molecule has 4 nitrogen and oxygen atoms in total. The Labute approximate surface area is 152 Å². The number of benzene rings is 3. The van der Waals surface area contributed by atoms with Gasteiger partial charge in [-0.15, -0.1) is 0 Å². The first-order valence-corrected chi connectivity index (χ1v) is 8.31. The van der Waals surface area contributed by atoms with E-state index in [1.807, 2.05) is 73.7 Å². The van der Waals surface area contributed by atoms with Gasteiger partial charge in [0.1, 0.15) is 12.4 Å². The molecule has 0 atom stereocenters. The van der Waals surface area contributed by atoms with Crippen LogP contribution in [0.25, 0.3) is 17.2 Å². The molecule has 0 aliphatic heterocycles. The van der Waals surface area contributed by atoms with Gasteiger partial charge in [-0.25, -0.2) is 0 Å². The van der Waals surface area contributed by atoms with Crippen molar-refractivity contribution in [3.05, 3.63) is 106 Å². The topological polar surface area (TPSA) is 52.4 Å². The van der Waals surface area contributed by atoms with E-state index in [0.29, 0.717) is 6.61 Å². The highest BCUT2D eigenvalue weighted by atomic mass is 16.6. The third-order valence-corrected chi connectivity index (χ3v) is 3.98. The highest BCUT2D eigenvalue weighted by Crippen LogP contribution is 2.30. The van der Waals surface area contributed by atoms with Crippen LogP contribution in [0.3, 0.4) is 0 Å². The van der Waals surface area contributed by atoms with Crippen molar-refractivity contribution in [2.45, 2.75) is 13.5 Å². The summed E-state index contributed by atoms with van der Waals surface area (Å²) in [7, 11) is 0. The molecule has 130 valence electrons. The molecule has 0 aliphatic rings. The van der Waals surface area contributed by atoms with Crippen LogP contribution < -0.4 is 4.74 Å². The molecule has 0 heterocycles. The Morgan fingerprint density at radius 3 is 2.54 bits per heavy atom. The predicted octanol–water partition coefficient (Wildman–Crippen LogP) is 5.49. The highest BCUT2D eigenvalue weighted by molar-refractivity contribution is 5.76. The summed E-state index contributed by atoms with van der Waals surface area (Å²) >= 11 is 0. The van der Waals surface area contributed by atoms with Gasteiger partial charge in [0, 0.05) is 6.08 Å². The standard InChI is InChI=1S/C22H19NO3/c1-17-6-5-9-20(14-17)22-15-21(11-10-19(22)12-13-23(24)25)26-16-18-7-3-2-4-8-18/h2-15H,16H2,1H3/b13-12+. The van der Waals surface area contributed by atoms with Crippen molar-refractivity contribution < 1.29 is 9.66 Å². The van der Waals surface area contributed by atoms with E-state index >= 15 is 0 Å². The second-order valence-corrected chi connectivity index (χ2v) is 5.99. The molecule has 3 aromatic carbocycles. The molecular formula is C22H19NO3. The van der Waals surface area contributed by atoms with Crippen LogP contribution in [0.5, 0.6) is 5.75 Å². The first kappa shape index (κ1) is 17.4. The smallest absolute Gasteiger partial charge is 0.235 e. The maximum Gasteiger partial charge on any atom is 0.235 e.